The first-order valence-electron chi connectivity index (χ1n) is 6.84. The molecule has 0 aromatic carbocycles. The van der Waals surface area contributed by atoms with Crippen molar-refractivity contribution in [3.8, 4) is 0 Å². The first kappa shape index (κ1) is 18.7. The monoisotopic (exact) mass is 358 g/mol. The van der Waals surface area contributed by atoms with E-state index in [-0.39, 0.29) is 6.04 Å². The number of carbonyl (C=O) groups excluding carboxylic acids is 2. The Morgan fingerprint density at radius 2 is 1.81 bits per heavy atom. The third-order valence-corrected chi connectivity index (χ3v) is 3.43. The third-order valence-electron chi connectivity index (χ3n) is 2.92. The molecule has 0 unspecified atom stereocenters. The average molecular weight is 360 g/mol. The van der Waals surface area contributed by atoms with Gasteiger partial charge in [-0.1, -0.05) is 34.8 Å². The second-order valence-corrected chi connectivity index (χ2v) is 8.37. The predicted octanol–water partition coefficient (Wildman–Crippen LogP) is 3.26. The number of halogens is 3. The minimum absolute atomic E-state index is 0.247. The fourth-order valence-corrected chi connectivity index (χ4v) is 2.18. The van der Waals surface area contributed by atoms with Gasteiger partial charge >= 0.3 is 6.09 Å². The molecule has 8 heteroatoms. The number of likely N-dealkylation sites (tertiary alicyclic amines) is 1. The van der Waals surface area contributed by atoms with E-state index in [1.807, 2.05) is 20.8 Å². The van der Waals surface area contributed by atoms with Gasteiger partial charge in [-0.3, -0.25) is 4.79 Å². The molecule has 5 nitrogen and oxygen atoms in total. The summed E-state index contributed by atoms with van der Waals surface area (Å²) in [5.41, 5.74) is -0.556. The second kappa shape index (κ2) is 7.25. The van der Waals surface area contributed by atoms with Crippen LogP contribution in [0.25, 0.3) is 0 Å². The maximum Gasteiger partial charge on any atom is 0.410 e. The van der Waals surface area contributed by atoms with Crippen molar-refractivity contribution in [2.45, 2.75) is 55.5 Å². The van der Waals surface area contributed by atoms with Gasteiger partial charge in [0.25, 0.3) is 9.70 Å². The van der Waals surface area contributed by atoms with Crippen molar-refractivity contribution >= 4 is 46.8 Å². The van der Waals surface area contributed by atoms with Crippen LogP contribution in [-0.4, -0.2) is 45.4 Å². The molecule has 0 aromatic rings. The minimum atomic E-state index is -2.00. The molecule has 1 aliphatic heterocycles. The smallest absolute Gasteiger partial charge is 0.410 e. The SMILES string of the molecule is CC(C)(C)OC(=O)N1CCCC[C@H](NC(=O)C(Cl)(Cl)Cl)C1. The van der Waals surface area contributed by atoms with E-state index in [9.17, 15) is 9.59 Å². The van der Waals surface area contributed by atoms with Gasteiger partial charge in [-0.05, 0) is 40.0 Å². The van der Waals surface area contributed by atoms with Gasteiger partial charge in [-0.15, -0.1) is 0 Å². The Bertz CT molecular complexity index is 391. The number of carbonyl (C=O) groups is 2. The van der Waals surface area contributed by atoms with Crippen LogP contribution in [0.2, 0.25) is 0 Å². The molecule has 1 saturated heterocycles. The first-order valence-corrected chi connectivity index (χ1v) is 7.98. The van der Waals surface area contributed by atoms with Crippen LogP contribution in [0.3, 0.4) is 0 Å². The van der Waals surface area contributed by atoms with Crippen molar-refractivity contribution in [1.29, 1.82) is 0 Å². The van der Waals surface area contributed by atoms with Crippen molar-refractivity contribution in [2.75, 3.05) is 13.1 Å². The normalized spacial score (nSPS) is 20.7. The lowest BCUT2D eigenvalue weighted by Gasteiger charge is -2.29. The molecule has 2 amide bonds. The zero-order valence-electron chi connectivity index (χ0n) is 12.4. The lowest BCUT2D eigenvalue weighted by atomic mass is 10.1. The van der Waals surface area contributed by atoms with Crippen LogP contribution in [0, 0.1) is 0 Å². The molecule has 1 fully saturated rings. The van der Waals surface area contributed by atoms with Gasteiger partial charge in [-0.25, -0.2) is 4.79 Å². The number of hydrogen-bond acceptors (Lipinski definition) is 3. The summed E-state index contributed by atoms with van der Waals surface area (Å²) in [6.45, 7) is 6.37. The summed E-state index contributed by atoms with van der Waals surface area (Å²) in [6.07, 6.45) is 2.06. The number of alkyl halides is 3. The zero-order chi connectivity index (χ0) is 16.3. The Kier molecular flexibility index (Phi) is 6.44. The topological polar surface area (TPSA) is 58.6 Å². The van der Waals surface area contributed by atoms with E-state index in [0.29, 0.717) is 13.1 Å². The van der Waals surface area contributed by atoms with E-state index >= 15 is 0 Å². The average Bonchev–Trinajstić information content (AvgIpc) is 2.51. The number of nitrogens with one attached hydrogen (secondary N) is 1. The number of nitrogens with zero attached hydrogens (tertiary/aromatic N) is 1. The molecule has 0 spiro atoms. The van der Waals surface area contributed by atoms with Gasteiger partial charge in [0.1, 0.15) is 5.60 Å². The lowest BCUT2D eigenvalue weighted by molar-refractivity contribution is -0.121. The standard InChI is InChI=1S/C13H21Cl3N2O3/c1-12(2,3)21-11(20)18-7-5-4-6-9(8-18)17-10(19)13(14,15)16/h9H,4-8H2,1-3H3,(H,17,19)/t9-/m0/s1. The van der Waals surface area contributed by atoms with Gasteiger partial charge in [-0.2, -0.15) is 0 Å². The molecular weight excluding hydrogens is 339 g/mol. The van der Waals surface area contributed by atoms with Crippen LogP contribution in [0.5, 0.6) is 0 Å². The first-order chi connectivity index (χ1) is 9.49. The van der Waals surface area contributed by atoms with Gasteiger partial charge in [0, 0.05) is 19.1 Å². The molecular formula is C13H21Cl3N2O3. The van der Waals surface area contributed by atoms with Gasteiger partial charge < -0.3 is 15.0 Å². The highest BCUT2D eigenvalue weighted by Crippen LogP contribution is 2.26. The van der Waals surface area contributed by atoms with Crippen LogP contribution < -0.4 is 5.32 Å². The number of hydrogen-bond donors (Lipinski definition) is 1. The molecule has 1 aliphatic rings. The van der Waals surface area contributed by atoms with E-state index in [4.69, 9.17) is 39.5 Å². The van der Waals surface area contributed by atoms with Crippen LogP contribution in [0.4, 0.5) is 4.79 Å². The molecule has 0 aromatic heterocycles. The minimum Gasteiger partial charge on any atom is -0.444 e. The van der Waals surface area contributed by atoms with Crippen LogP contribution in [0.1, 0.15) is 40.0 Å². The molecule has 1 rings (SSSR count). The molecule has 1 atom stereocenters. The van der Waals surface area contributed by atoms with Crippen LogP contribution >= 0.6 is 34.8 Å². The molecule has 0 radical (unpaired) electrons. The molecule has 21 heavy (non-hydrogen) atoms. The molecule has 0 saturated carbocycles. The van der Waals surface area contributed by atoms with E-state index in [1.54, 1.807) is 4.90 Å². The second-order valence-electron chi connectivity index (χ2n) is 6.09. The van der Waals surface area contributed by atoms with Crippen LogP contribution in [-0.2, 0) is 9.53 Å². The van der Waals surface area contributed by atoms with Gasteiger partial charge in [0.05, 0.1) is 0 Å². The zero-order valence-corrected chi connectivity index (χ0v) is 14.7. The Morgan fingerprint density at radius 3 is 2.33 bits per heavy atom. The van der Waals surface area contributed by atoms with Crippen molar-refractivity contribution in [1.82, 2.24) is 10.2 Å². The Labute approximate surface area is 140 Å². The van der Waals surface area contributed by atoms with E-state index in [1.165, 1.54) is 0 Å². The molecule has 0 aliphatic carbocycles. The predicted molar refractivity (Wildman–Crippen MR) is 83.9 cm³/mol. The summed E-state index contributed by atoms with van der Waals surface area (Å²) in [5, 5.41) is 2.66. The fourth-order valence-electron chi connectivity index (χ4n) is 2.02. The Morgan fingerprint density at radius 1 is 1.19 bits per heavy atom. The summed E-state index contributed by atoms with van der Waals surface area (Å²) in [4.78, 5) is 25.4. The number of ether oxygens (including phenoxy) is 1. The largest absolute Gasteiger partial charge is 0.444 e. The van der Waals surface area contributed by atoms with E-state index < -0.39 is 21.4 Å². The summed E-state index contributed by atoms with van der Waals surface area (Å²) < 4.78 is 3.35. The summed E-state index contributed by atoms with van der Waals surface area (Å²) >= 11 is 16.6. The van der Waals surface area contributed by atoms with Gasteiger partial charge in [0.2, 0.25) is 0 Å². The quantitative estimate of drug-likeness (QED) is 0.731. The fraction of sp³-hybridized carbons (Fsp3) is 0.846. The molecule has 1 N–H and O–H groups in total. The van der Waals surface area contributed by atoms with Crippen molar-refractivity contribution in [3.63, 3.8) is 0 Å². The summed E-state index contributed by atoms with van der Waals surface area (Å²) in [7, 11) is 0. The van der Waals surface area contributed by atoms with E-state index in [2.05, 4.69) is 5.32 Å². The highest BCUT2D eigenvalue weighted by molar-refractivity contribution is 6.76. The van der Waals surface area contributed by atoms with Crippen molar-refractivity contribution < 1.29 is 14.3 Å². The third kappa shape index (κ3) is 6.94. The maximum atomic E-state index is 12.1. The Balaban J connectivity index is 2.64. The van der Waals surface area contributed by atoms with Crippen LogP contribution in [0.15, 0.2) is 0 Å². The highest BCUT2D eigenvalue weighted by atomic mass is 35.6. The summed E-state index contributed by atoms with van der Waals surface area (Å²) in [5.74, 6) is -0.677. The lowest BCUT2D eigenvalue weighted by Crippen LogP contribution is -2.48. The molecule has 0 bridgehead atoms. The summed E-state index contributed by atoms with van der Waals surface area (Å²) in [6, 6.07) is -0.247. The number of rotatable bonds is 1. The Hall–Kier alpha value is -0.390. The highest BCUT2D eigenvalue weighted by Gasteiger charge is 2.34. The van der Waals surface area contributed by atoms with Crippen molar-refractivity contribution in [3.05, 3.63) is 0 Å². The molecule has 122 valence electrons. The van der Waals surface area contributed by atoms with E-state index in [0.717, 1.165) is 19.3 Å². The van der Waals surface area contributed by atoms with Gasteiger partial charge in [0.15, 0.2) is 0 Å². The number of amides is 2. The molecule has 1 heterocycles. The maximum absolute atomic E-state index is 12.1. The van der Waals surface area contributed by atoms with Crippen molar-refractivity contribution in [2.24, 2.45) is 0 Å².